The van der Waals surface area contributed by atoms with Gasteiger partial charge in [0, 0.05) is 6.42 Å². The highest BCUT2D eigenvalue weighted by atomic mass is 16.7. The second kappa shape index (κ2) is 13.3. The van der Waals surface area contributed by atoms with Crippen LogP contribution < -0.4 is 9.47 Å². The topological polar surface area (TPSA) is 44.8 Å². The molecular weight excluding hydrogens is 520 g/mol. The molecule has 42 heavy (non-hydrogen) atoms. The Morgan fingerprint density at radius 1 is 0.952 bits per heavy atom. The third kappa shape index (κ3) is 6.43. The van der Waals surface area contributed by atoms with Gasteiger partial charge in [0.05, 0.1) is 6.61 Å². The van der Waals surface area contributed by atoms with Gasteiger partial charge in [-0.1, -0.05) is 91.0 Å². The summed E-state index contributed by atoms with van der Waals surface area (Å²) < 4.78 is 17.4. The zero-order valence-corrected chi connectivity index (χ0v) is 27.5. The van der Waals surface area contributed by atoms with Crippen LogP contribution in [0.3, 0.4) is 0 Å². The van der Waals surface area contributed by atoms with E-state index in [1.54, 1.807) is 6.07 Å². The Morgan fingerprint density at radius 3 is 2.50 bits per heavy atom. The van der Waals surface area contributed by atoms with Gasteiger partial charge in [0.1, 0.15) is 6.10 Å². The van der Waals surface area contributed by atoms with Crippen molar-refractivity contribution in [2.45, 2.75) is 131 Å². The largest absolute Gasteiger partial charge is 0.514 e. The van der Waals surface area contributed by atoms with Crippen LogP contribution in [0.15, 0.2) is 35.9 Å². The SMILES string of the molecule is CCCCOc1ccccc1OC(=O)OC1CC[C@@]2(C)C(=CCC3C2CC[C@@]2(C)C3CC[C@@H]2[C@H](C)CCCC(C)C)C1. The van der Waals surface area contributed by atoms with Crippen molar-refractivity contribution in [3.05, 3.63) is 35.9 Å². The van der Waals surface area contributed by atoms with Crippen molar-refractivity contribution in [2.75, 3.05) is 6.61 Å². The van der Waals surface area contributed by atoms with Crippen LogP contribution in [0.25, 0.3) is 0 Å². The minimum atomic E-state index is -0.614. The molecule has 8 atom stereocenters. The number of ether oxygens (including phenoxy) is 3. The van der Waals surface area contributed by atoms with E-state index in [-0.39, 0.29) is 11.5 Å². The molecule has 0 N–H and O–H groups in total. The Bertz CT molecular complexity index is 1090. The van der Waals surface area contributed by atoms with Crippen LogP contribution in [0.2, 0.25) is 0 Å². The Kier molecular flexibility index (Phi) is 10.00. The molecule has 0 spiro atoms. The zero-order valence-electron chi connectivity index (χ0n) is 27.5. The number of rotatable bonds is 11. The second-order valence-corrected chi connectivity index (χ2v) is 15.3. The lowest BCUT2D eigenvalue weighted by Gasteiger charge is -2.58. The zero-order chi connectivity index (χ0) is 29.9. The lowest BCUT2D eigenvalue weighted by Crippen LogP contribution is -2.51. The maximum Gasteiger partial charge on any atom is 0.514 e. The molecule has 4 aliphatic carbocycles. The summed E-state index contributed by atoms with van der Waals surface area (Å²) in [6.07, 6.45) is 17.7. The molecule has 4 heteroatoms. The molecule has 0 radical (unpaired) electrons. The number of hydrogen-bond acceptors (Lipinski definition) is 4. The molecule has 3 saturated carbocycles. The number of para-hydroxylation sites is 2. The highest BCUT2D eigenvalue weighted by Gasteiger charge is 2.59. The average molecular weight is 579 g/mol. The van der Waals surface area contributed by atoms with Crippen molar-refractivity contribution < 1.29 is 19.0 Å². The Morgan fingerprint density at radius 2 is 1.74 bits per heavy atom. The van der Waals surface area contributed by atoms with Crippen molar-refractivity contribution in [3.8, 4) is 11.5 Å². The number of carbonyl (C=O) groups is 1. The maximum absolute atomic E-state index is 12.9. The molecule has 0 aliphatic heterocycles. The van der Waals surface area contributed by atoms with E-state index < -0.39 is 6.16 Å². The fourth-order valence-corrected chi connectivity index (χ4v) is 9.98. The minimum Gasteiger partial charge on any atom is -0.490 e. The summed E-state index contributed by atoms with van der Waals surface area (Å²) in [7, 11) is 0. The molecule has 0 saturated heterocycles. The normalized spacial score (nSPS) is 34.5. The van der Waals surface area contributed by atoms with E-state index in [1.165, 1.54) is 56.9 Å². The number of allylic oxidation sites excluding steroid dienone is 1. The highest BCUT2D eigenvalue weighted by Crippen LogP contribution is 2.67. The summed E-state index contributed by atoms with van der Waals surface area (Å²) in [5.41, 5.74) is 2.30. The fourth-order valence-electron chi connectivity index (χ4n) is 9.98. The Balaban J connectivity index is 1.19. The molecule has 0 aromatic heterocycles. The third-order valence-corrected chi connectivity index (χ3v) is 12.3. The van der Waals surface area contributed by atoms with Crippen LogP contribution in [0.4, 0.5) is 4.79 Å². The number of carbonyl (C=O) groups excluding carboxylic acids is 1. The Labute approximate surface area is 256 Å². The summed E-state index contributed by atoms with van der Waals surface area (Å²) in [5.74, 6) is 6.06. The summed E-state index contributed by atoms with van der Waals surface area (Å²) in [4.78, 5) is 12.9. The van der Waals surface area contributed by atoms with Crippen LogP contribution in [-0.2, 0) is 4.74 Å². The predicted molar refractivity (Wildman–Crippen MR) is 171 cm³/mol. The first kappa shape index (κ1) is 31.5. The van der Waals surface area contributed by atoms with Crippen molar-refractivity contribution in [1.82, 2.24) is 0 Å². The van der Waals surface area contributed by atoms with Gasteiger partial charge in [-0.05, 0) is 110 Å². The van der Waals surface area contributed by atoms with E-state index in [0.29, 0.717) is 23.5 Å². The first-order valence-electron chi connectivity index (χ1n) is 17.5. The highest BCUT2D eigenvalue weighted by molar-refractivity contribution is 5.65. The maximum atomic E-state index is 12.9. The number of hydrogen-bond donors (Lipinski definition) is 0. The molecule has 3 fully saturated rings. The van der Waals surface area contributed by atoms with Crippen LogP contribution in [0.5, 0.6) is 11.5 Å². The van der Waals surface area contributed by atoms with Gasteiger partial charge in [-0.3, -0.25) is 0 Å². The fraction of sp³-hybridized carbons (Fsp3) is 0.763. The first-order chi connectivity index (χ1) is 20.2. The van der Waals surface area contributed by atoms with Gasteiger partial charge in [0.15, 0.2) is 11.5 Å². The van der Waals surface area contributed by atoms with E-state index >= 15 is 0 Å². The lowest BCUT2D eigenvalue weighted by atomic mass is 9.47. The Hall–Kier alpha value is -1.97. The van der Waals surface area contributed by atoms with Crippen molar-refractivity contribution in [3.63, 3.8) is 0 Å². The number of fused-ring (bicyclic) bond motifs is 5. The van der Waals surface area contributed by atoms with Crippen molar-refractivity contribution in [2.24, 2.45) is 46.3 Å². The van der Waals surface area contributed by atoms with Gasteiger partial charge in [0.2, 0.25) is 0 Å². The molecular formula is C38H58O4. The van der Waals surface area contributed by atoms with Crippen molar-refractivity contribution in [1.29, 1.82) is 0 Å². The molecule has 4 nitrogen and oxygen atoms in total. The van der Waals surface area contributed by atoms with Gasteiger partial charge in [0.25, 0.3) is 0 Å². The number of unbranched alkanes of at least 4 members (excludes halogenated alkanes) is 1. The van der Waals surface area contributed by atoms with E-state index in [1.807, 2.05) is 18.2 Å². The van der Waals surface area contributed by atoms with Gasteiger partial charge < -0.3 is 14.2 Å². The molecule has 0 bridgehead atoms. The summed E-state index contributed by atoms with van der Waals surface area (Å²) in [6, 6.07) is 7.39. The van der Waals surface area contributed by atoms with Crippen LogP contribution in [0.1, 0.15) is 125 Å². The van der Waals surface area contributed by atoms with Gasteiger partial charge in [-0.2, -0.15) is 0 Å². The summed E-state index contributed by atoms with van der Waals surface area (Å²) in [5, 5.41) is 0. The molecule has 4 unspecified atom stereocenters. The van der Waals surface area contributed by atoms with E-state index in [9.17, 15) is 4.79 Å². The number of benzene rings is 1. The van der Waals surface area contributed by atoms with Gasteiger partial charge in [-0.25, -0.2) is 4.79 Å². The predicted octanol–water partition coefficient (Wildman–Crippen LogP) is 10.8. The smallest absolute Gasteiger partial charge is 0.490 e. The molecule has 0 heterocycles. The lowest BCUT2D eigenvalue weighted by molar-refractivity contribution is -0.0597. The molecule has 234 valence electrons. The molecule has 5 rings (SSSR count). The van der Waals surface area contributed by atoms with Crippen LogP contribution >= 0.6 is 0 Å². The molecule has 1 aromatic rings. The molecule has 0 amide bonds. The monoisotopic (exact) mass is 578 g/mol. The first-order valence-corrected chi connectivity index (χ1v) is 17.5. The molecule has 1 aromatic carbocycles. The standard InChI is InChI=1S/C38H58O4/c1-7-8-24-40-34-14-9-10-15-35(34)42-36(39)41-29-20-22-37(5)28(25-29)16-17-30-32-19-18-31(27(4)13-11-12-26(2)3)38(32,6)23-21-33(30)37/h9-10,14-16,26-27,29-33H,7-8,11-13,17-25H2,1-6H3/t27-,29?,30?,31-,32?,33?,37+,38-/m1/s1. The van der Waals surface area contributed by atoms with E-state index in [2.05, 4.69) is 47.6 Å². The van der Waals surface area contributed by atoms with E-state index in [4.69, 9.17) is 14.2 Å². The third-order valence-electron chi connectivity index (χ3n) is 12.3. The van der Waals surface area contributed by atoms with Crippen LogP contribution in [-0.4, -0.2) is 18.9 Å². The van der Waals surface area contributed by atoms with Crippen LogP contribution in [0, 0.1) is 46.3 Å². The van der Waals surface area contributed by atoms with E-state index in [0.717, 1.165) is 67.6 Å². The quantitative estimate of drug-likeness (QED) is 0.113. The minimum absolute atomic E-state index is 0.113. The summed E-state index contributed by atoms with van der Waals surface area (Å²) >= 11 is 0. The van der Waals surface area contributed by atoms with Gasteiger partial charge >= 0.3 is 6.16 Å². The summed E-state index contributed by atoms with van der Waals surface area (Å²) in [6.45, 7) is 15.2. The second-order valence-electron chi connectivity index (χ2n) is 15.3. The molecule has 4 aliphatic rings. The van der Waals surface area contributed by atoms with Crippen molar-refractivity contribution >= 4 is 6.16 Å². The van der Waals surface area contributed by atoms with Gasteiger partial charge in [-0.15, -0.1) is 0 Å². The average Bonchev–Trinajstić information content (AvgIpc) is 3.31.